The lowest BCUT2D eigenvalue weighted by Crippen LogP contribution is -2.52. The largest absolute Gasteiger partial charge is 0.333 e. The molecule has 0 saturated carbocycles. The molecule has 1 aromatic carbocycles. The standard InChI is InChI=1S/C14H14Cl2N2OS/c1-8-7-17-4-5-18(8)14(19)13-12(16)10-3-2-9(15)6-11(10)20-13/h2-3,6,8,17H,4-5,7H2,1H3. The fourth-order valence-electron chi connectivity index (χ4n) is 2.45. The molecule has 1 aliphatic rings. The van der Waals surface area contributed by atoms with Crippen molar-refractivity contribution in [2.45, 2.75) is 13.0 Å². The lowest BCUT2D eigenvalue weighted by molar-refractivity contribution is 0.0661. The van der Waals surface area contributed by atoms with Crippen LogP contribution in [0, 0.1) is 0 Å². The van der Waals surface area contributed by atoms with Gasteiger partial charge in [-0.05, 0) is 19.1 Å². The van der Waals surface area contributed by atoms with Gasteiger partial charge in [-0.1, -0.05) is 29.3 Å². The number of carbonyl (C=O) groups is 1. The summed E-state index contributed by atoms with van der Waals surface area (Å²) >= 11 is 13.8. The molecule has 3 nitrogen and oxygen atoms in total. The van der Waals surface area contributed by atoms with Crippen LogP contribution in [0.1, 0.15) is 16.6 Å². The molecule has 1 aliphatic heterocycles. The van der Waals surface area contributed by atoms with E-state index in [9.17, 15) is 4.79 Å². The normalized spacial score (nSPS) is 19.6. The zero-order valence-electron chi connectivity index (χ0n) is 11.0. The van der Waals surface area contributed by atoms with Gasteiger partial charge in [0.15, 0.2) is 0 Å². The van der Waals surface area contributed by atoms with Crippen LogP contribution in [0.25, 0.3) is 10.1 Å². The summed E-state index contributed by atoms with van der Waals surface area (Å²) < 4.78 is 0.952. The topological polar surface area (TPSA) is 32.3 Å². The molecule has 1 saturated heterocycles. The fraction of sp³-hybridized carbons (Fsp3) is 0.357. The average Bonchev–Trinajstić information content (AvgIpc) is 2.75. The lowest BCUT2D eigenvalue weighted by Gasteiger charge is -2.33. The minimum absolute atomic E-state index is 0.0151. The van der Waals surface area contributed by atoms with Crippen LogP contribution < -0.4 is 5.32 Å². The number of benzene rings is 1. The van der Waals surface area contributed by atoms with E-state index in [0.717, 1.165) is 23.2 Å². The van der Waals surface area contributed by atoms with Crippen molar-refractivity contribution in [1.29, 1.82) is 0 Å². The van der Waals surface area contributed by atoms with Crippen LogP contribution in [0.4, 0.5) is 0 Å². The third kappa shape index (κ3) is 2.42. The summed E-state index contributed by atoms with van der Waals surface area (Å²) in [6.45, 7) is 4.40. The van der Waals surface area contributed by atoms with Crippen LogP contribution in [-0.4, -0.2) is 36.5 Å². The molecule has 2 heterocycles. The molecule has 2 aromatic rings. The van der Waals surface area contributed by atoms with Crippen LogP contribution in [0.2, 0.25) is 10.0 Å². The molecule has 0 spiro atoms. The van der Waals surface area contributed by atoms with Crippen molar-refractivity contribution in [2.75, 3.05) is 19.6 Å². The average molecular weight is 329 g/mol. The van der Waals surface area contributed by atoms with Crippen molar-refractivity contribution < 1.29 is 4.79 Å². The van der Waals surface area contributed by atoms with Gasteiger partial charge in [0.25, 0.3) is 5.91 Å². The third-order valence-electron chi connectivity index (χ3n) is 3.55. The molecule has 0 aliphatic carbocycles. The molecule has 6 heteroatoms. The number of amides is 1. The van der Waals surface area contributed by atoms with E-state index in [1.165, 1.54) is 11.3 Å². The maximum atomic E-state index is 12.7. The van der Waals surface area contributed by atoms with Crippen LogP contribution in [0.5, 0.6) is 0 Å². The maximum absolute atomic E-state index is 12.7. The van der Waals surface area contributed by atoms with Gasteiger partial charge in [0.2, 0.25) is 0 Å². The second-order valence-electron chi connectivity index (χ2n) is 4.94. The quantitative estimate of drug-likeness (QED) is 0.866. The summed E-state index contributed by atoms with van der Waals surface area (Å²) in [6, 6.07) is 5.70. The van der Waals surface area contributed by atoms with E-state index in [1.54, 1.807) is 6.07 Å². The van der Waals surface area contributed by atoms with Gasteiger partial charge in [0, 0.05) is 40.8 Å². The molecular formula is C14H14Cl2N2OS. The summed E-state index contributed by atoms with van der Waals surface area (Å²) in [5.74, 6) is 0.0151. The minimum atomic E-state index is 0.0151. The first kappa shape index (κ1) is 14.1. The first-order chi connectivity index (χ1) is 9.58. The Hall–Kier alpha value is -0.810. The van der Waals surface area contributed by atoms with Crippen molar-refractivity contribution in [2.24, 2.45) is 0 Å². The highest BCUT2D eigenvalue weighted by Gasteiger charge is 2.27. The summed E-state index contributed by atoms with van der Waals surface area (Å²) in [5.41, 5.74) is 0. The number of carbonyl (C=O) groups excluding carboxylic acids is 1. The van der Waals surface area contributed by atoms with Crippen LogP contribution in [-0.2, 0) is 0 Å². The van der Waals surface area contributed by atoms with Crippen molar-refractivity contribution in [3.8, 4) is 0 Å². The highest BCUT2D eigenvalue weighted by molar-refractivity contribution is 7.21. The lowest BCUT2D eigenvalue weighted by atomic mass is 10.2. The van der Waals surface area contributed by atoms with E-state index < -0.39 is 0 Å². The molecule has 0 radical (unpaired) electrons. The predicted octanol–water partition coefficient (Wildman–Crippen LogP) is 3.64. The second-order valence-corrected chi connectivity index (χ2v) is 6.80. The maximum Gasteiger partial charge on any atom is 0.265 e. The molecule has 20 heavy (non-hydrogen) atoms. The van der Waals surface area contributed by atoms with E-state index in [1.807, 2.05) is 24.0 Å². The molecule has 1 amide bonds. The number of fused-ring (bicyclic) bond motifs is 1. The van der Waals surface area contributed by atoms with Crippen LogP contribution >= 0.6 is 34.5 Å². The number of rotatable bonds is 1. The highest BCUT2D eigenvalue weighted by Crippen LogP contribution is 2.37. The first-order valence-corrected chi connectivity index (χ1v) is 8.04. The van der Waals surface area contributed by atoms with Crippen molar-refractivity contribution in [3.05, 3.63) is 33.1 Å². The zero-order chi connectivity index (χ0) is 14.3. The van der Waals surface area contributed by atoms with E-state index in [4.69, 9.17) is 23.2 Å². The summed E-state index contributed by atoms with van der Waals surface area (Å²) in [6.07, 6.45) is 0. The van der Waals surface area contributed by atoms with E-state index in [-0.39, 0.29) is 11.9 Å². The molecule has 106 valence electrons. The van der Waals surface area contributed by atoms with Gasteiger partial charge in [-0.15, -0.1) is 11.3 Å². The number of nitrogens with zero attached hydrogens (tertiary/aromatic N) is 1. The first-order valence-electron chi connectivity index (χ1n) is 6.47. The molecule has 1 aromatic heterocycles. The van der Waals surface area contributed by atoms with Gasteiger partial charge in [-0.3, -0.25) is 4.79 Å². The molecule has 1 atom stereocenters. The Kier molecular flexibility index (Phi) is 3.91. The second kappa shape index (κ2) is 5.53. The molecule has 0 bridgehead atoms. The molecule has 3 rings (SSSR count). The Balaban J connectivity index is 2.01. The van der Waals surface area contributed by atoms with Crippen molar-refractivity contribution in [1.82, 2.24) is 10.2 Å². The monoisotopic (exact) mass is 328 g/mol. The van der Waals surface area contributed by atoms with E-state index in [0.29, 0.717) is 21.5 Å². The van der Waals surface area contributed by atoms with Gasteiger partial charge in [-0.2, -0.15) is 0 Å². The van der Waals surface area contributed by atoms with Gasteiger partial charge in [0.1, 0.15) is 4.88 Å². The van der Waals surface area contributed by atoms with E-state index in [2.05, 4.69) is 5.32 Å². The van der Waals surface area contributed by atoms with Crippen molar-refractivity contribution >= 4 is 50.5 Å². The number of thiophene rings is 1. The minimum Gasteiger partial charge on any atom is -0.333 e. The molecular weight excluding hydrogens is 315 g/mol. The van der Waals surface area contributed by atoms with Crippen molar-refractivity contribution in [3.63, 3.8) is 0 Å². The Bertz CT molecular complexity index is 670. The fourth-order valence-corrected chi connectivity index (χ4v) is 4.19. The Labute approximate surface area is 131 Å². The molecule has 1 unspecified atom stereocenters. The summed E-state index contributed by atoms with van der Waals surface area (Å²) in [4.78, 5) is 15.2. The molecule has 1 fully saturated rings. The summed E-state index contributed by atoms with van der Waals surface area (Å²) in [5, 5.41) is 5.37. The summed E-state index contributed by atoms with van der Waals surface area (Å²) in [7, 11) is 0. The molecule has 1 N–H and O–H groups in total. The Morgan fingerprint density at radius 3 is 3.00 bits per heavy atom. The Morgan fingerprint density at radius 2 is 2.25 bits per heavy atom. The third-order valence-corrected chi connectivity index (χ3v) is 5.43. The van der Waals surface area contributed by atoms with Gasteiger partial charge < -0.3 is 10.2 Å². The number of halogens is 2. The number of hydrogen-bond donors (Lipinski definition) is 1. The predicted molar refractivity (Wildman–Crippen MR) is 85.2 cm³/mol. The van der Waals surface area contributed by atoms with Gasteiger partial charge in [0.05, 0.1) is 5.02 Å². The van der Waals surface area contributed by atoms with E-state index >= 15 is 0 Å². The van der Waals surface area contributed by atoms with Gasteiger partial charge in [-0.25, -0.2) is 0 Å². The van der Waals surface area contributed by atoms with Gasteiger partial charge >= 0.3 is 0 Å². The zero-order valence-corrected chi connectivity index (χ0v) is 13.3. The van der Waals surface area contributed by atoms with Crippen LogP contribution in [0.15, 0.2) is 18.2 Å². The smallest absolute Gasteiger partial charge is 0.265 e. The number of hydrogen-bond acceptors (Lipinski definition) is 3. The van der Waals surface area contributed by atoms with Crippen LogP contribution in [0.3, 0.4) is 0 Å². The number of nitrogens with one attached hydrogen (secondary N) is 1. The number of piperazine rings is 1. The SMILES string of the molecule is CC1CNCCN1C(=O)c1sc2cc(Cl)ccc2c1Cl. The highest BCUT2D eigenvalue weighted by atomic mass is 35.5. The Morgan fingerprint density at radius 1 is 1.45 bits per heavy atom.